The van der Waals surface area contributed by atoms with Gasteiger partial charge in [0.2, 0.25) is 5.88 Å². The smallest absolute Gasteiger partial charge is 0.465 e. The van der Waals surface area contributed by atoms with E-state index in [0.29, 0.717) is 18.8 Å². The molecular weight excluding hydrogens is 434 g/mol. The number of aromatic nitrogens is 1. The number of alkyl halides is 3. The van der Waals surface area contributed by atoms with E-state index in [9.17, 15) is 35.9 Å². The number of pyridine rings is 1. The Morgan fingerprint density at radius 1 is 1.20 bits per heavy atom. The van der Waals surface area contributed by atoms with E-state index in [1.165, 1.54) is 17.0 Å². The molecule has 2 atom stereocenters. The van der Waals surface area contributed by atoms with Crippen LogP contribution in [0.3, 0.4) is 0 Å². The Hall–Kier alpha value is -2.83. The van der Waals surface area contributed by atoms with Gasteiger partial charge in [0.25, 0.3) is 0 Å². The molecule has 0 unspecified atom stereocenters. The van der Waals surface area contributed by atoms with Crippen LogP contribution in [0.1, 0.15) is 13.8 Å². The minimum Gasteiger partial charge on any atom is -0.465 e. The highest BCUT2D eigenvalue weighted by Crippen LogP contribution is 2.31. The topological polar surface area (TPSA) is 100 Å². The third-order valence-corrected chi connectivity index (χ3v) is 5.65. The van der Waals surface area contributed by atoms with Crippen molar-refractivity contribution in [3.05, 3.63) is 30.1 Å². The first-order valence-corrected chi connectivity index (χ1v) is 10.1. The van der Waals surface area contributed by atoms with Crippen LogP contribution in [0.4, 0.5) is 28.0 Å². The fourth-order valence-electron chi connectivity index (χ4n) is 3.46. The molecule has 1 aliphatic rings. The van der Waals surface area contributed by atoms with Crippen LogP contribution < -0.4 is 9.08 Å². The van der Waals surface area contributed by atoms with Crippen LogP contribution in [0.25, 0.3) is 10.9 Å². The van der Waals surface area contributed by atoms with Crippen LogP contribution >= 0.6 is 0 Å². The van der Waals surface area contributed by atoms with E-state index in [0.717, 1.165) is 12.1 Å². The summed E-state index contributed by atoms with van der Waals surface area (Å²) in [5.41, 5.74) is -5.57. The third kappa shape index (κ3) is 4.06. The molecule has 1 aromatic carbocycles. The standard InChI is InChI=1S/C17H17F4N3O5S/c1-9-7-23(8-10(2)24(9)16(25)26)12-5-11-3-4-14(22-15(11)13(18)6-12)29-30(27,28)17(19,20)21/h3-6,9-10H,7-8H2,1-2H3,(H,25,26)/t9-,10-/m0/s1. The Morgan fingerprint density at radius 3 is 2.33 bits per heavy atom. The summed E-state index contributed by atoms with van der Waals surface area (Å²) >= 11 is 0. The van der Waals surface area contributed by atoms with Crippen molar-refractivity contribution < 1.29 is 40.1 Å². The average Bonchev–Trinajstić information content (AvgIpc) is 2.59. The number of fused-ring (bicyclic) bond motifs is 1. The zero-order valence-corrected chi connectivity index (χ0v) is 16.5. The van der Waals surface area contributed by atoms with Gasteiger partial charge in [0.05, 0.1) is 12.1 Å². The Kier molecular flexibility index (Phi) is 5.43. The van der Waals surface area contributed by atoms with E-state index in [4.69, 9.17) is 0 Å². The minimum absolute atomic E-state index is 0.211. The highest BCUT2D eigenvalue weighted by atomic mass is 32.2. The van der Waals surface area contributed by atoms with Crippen LogP contribution in [-0.2, 0) is 10.1 Å². The van der Waals surface area contributed by atoms with Crippen molar-refractivity contribution in [2.75, 3.05) is 18.0 Å². The van der Waals surface area contributed by atoms with Gasteiger partial charge < -0.3 is 14.2 Å². The summed E-state index contributed by atoms with van der Waals surface area (Å²) in [7, 11) is -5.93. The highest BCUT2D eigenvalue weighted by molar-refractivity contribution is 7.87. The Bertz CT molecular complexity index is 1080. The molecule has 2 aromatic rings. The zero-order chi connectivity index (χ0) is 22.4. The monoisotopic (exact) mass is 451 g/mol. The number of rotatable bonds is 3. The maximum Gasteiger partial charge on any atom is 0.534 e. The van der Waals surface area contributed by atoms with Crippen LogP contribution in [0.2, 0.25) is 0 Å². The average molecular weight is 451 g/mol. The third-order valence-electron chi connectivity index (χ3n) is 4.69. The summed E-state index contributed by atoms with van der Waals surface area (Å²) in [6.07, 6.45) is -1.05. The molecule has 0 radical (unpaired) electrons. The van der Waals surface area contributed by atoms with Crippen molar-refractivity contribution in [1.29, 1.82) is 0 Å². The molecule has 1 fully saturated rings. The quantitative estimate of drug-likeness (QED) is 0.435. The van der Waals surface area contributed by atoms with Gasteiger partial charge in [-0.3, -0.25) is 4.90 Å². The van der Waals surface area contributed by atoms with Gasteiger partial charge in [-0.15, -0.1) is 0 Å². The van der Waals surface area contributed by atoms with E-state index >= 15 is 0 Å². The van der Waals surface area contributed by atoms with Gasteiger partial charge in [0, 0.05) is 30.2 Å². The van der Waals surface area contributed by atoms with Gasteiger partial charge in [-0.2, -0.15) is 21.6 Å². The summed E-state index contributed by atoms with van der Waals surface area (Å²) in [6, 6.07) is 4.01. The number of benzene rings is 1. The molecule has 1 aliphatic heterocycles. The van der Waals surface area contributed by atoms with Gasteiger partial charge in [0.1, 0.15) is 5.52 Å². The van der Waals surface area contributed by atoms with Crippen molar-refractivity contribution in [1.82, 2.24) is 9.88 Å². The molecule has 0 saturated carbocycles. The summed E-state index contributed by atoms with van der Waals surface area (Å²) in [5.74, 6) is -1.80. The number of piperazine rings is 1. The van der Waals surface area contributed by atoms with Crippen LogP contribution in [0.15, 0.2) is 24.3 Å². The Labute approximate surface area is 168 Å². The summed E-state index contributed by atoms with van der Waals surface area (Å²) in [5, 5.41) is 9.50. The Morgan fingerprint density at radius 2 is 1.80 bits per heavy atom. The van der Waals surface area contributed by atoms with Gasteiger partial charge in [-0.1, -0.05) is 0 Å². The molecule has 2 heterocycles. The SMILES string of the molecule is C[C@H]1CN(c2cc(F)c3nc(OS(=O)(=O)C(F)(F)F)ccc3c2)C[C@H](C)N1C(=O)O. The molecule has 8 nitrogen and oxygen atoms in total. The number of hydrogen-bond donors (Lipinski definition) is 1. The first-order chi connectivity index (χ1) is 13.8. The molecule has 1 N–H and O–H groups in total. The normalized spacial score (nSPS) is 20.5. The second-order valence-corrected chi connectivity index (χ2v) is 8.46. The molecule has 0 aliphatic carbocycles. The van der Waals surface area contributed by atoms with Crippen molar-refractivity contribution in [3.63, 3.8) is 0 Å². The fraction of sp³-hybridized carbons (Fsp3) is 0.412. The zero-order valence-electron chi connectivity index (χ0n) is 15.7. The van der Waals surface area contributed by atoms with Crippen LogP contribution in [-0.4, -0.2) is 60.2 Å². The number of carboxylic acid groups (broad SMARTS) is 1. The van der Waals surface area contributed by atoms with Crippen LogP contribution in [0, 0.1) is 5.82 Å². The van der Waals surface area contributed by atoms with Crippen molar-refractivity contribution in [2.24, 2.45) is 0 Å². The highest BCUT2D eigenvalue weighted by Gasteiger charge is 2.48. The summed E-state index contributed by atoms with van der Waals surface area (Å²) < 4.78 is 78.1. The van der Waals surface area contributed by atoms with Gasteiger partial charge in [-0.05, 0) is 32.0 Å². The number of carbonyl (C=O) groups is 1. The first kappa shape index (κ1) is 21.9. The predicted octanol–water partition coefficient (Wildman–Crippen LogP) is 3.18. The lowest BCUT2D eigenvalue weighted by molar-refractivity contribution is -0.0501. The molecule has 164 valence electrons. The predicted molar refractivity (Wildman–Crippen MR) is 98.3 cm³/mol. The van der Waals surface area contributed by atoms with E-state index in [2.05, 4.69) is 9.17 Å². The molecule has 1 amide bonds. The summed E-state index contributed by atoms with van der Waals surface area (Å²) in [6.45, 7) is 4.06. The van der Waals surface area contributed by atoms with Crippen LogP contribution in [0.5, 0.6) is 5.88 Å². The number of amides is 1. The minimum atomic E-state index is -5.93. The lowest BCUT2D eigenvalue weighted by atomic mass is 10.1. The lowest BCUT2D eigenvalue weighted by Crippen LogP contribution is -2.58. The van der Waals surface area contributed by atoms with E-state index in [1.54, 1.807) is 18.7 Å². The number of halogens is 4. The van der Waals surface area contributed by atoms with E-state index in [1.807, 2.05) is 0 Å². The number of nitrogens with zero attached hydrogens (tertiary/aromatic N) is 3. The molecular formula is C17H17F4N3O5S. The second kappa shape index (κ2) is 7.45. The van der Waals surface area contributed by atoms with Crippen molar-refractivity contribution in [2.45, 2.75) is 31.4 Å². The first-order valence-electron chi connectivity index (χ1n) is 8.67. The maximum absolute atomic E-state index is 14.6. The van der Waals surface area contributed by atoms with E-state index in [-0.39, 0.29) is 23.0 Å². The molecule has 30 heavy (non-hydrogen) atoms. The van der Waals surface area contributed by atoms with Crippen molar-refractivity contribution >= 4 is 32.8 Å². The van der Waals surface area contributed by atoms with Gasteiger partial charge in [-0.25, -0.2) is 14.2 Å². The molecule has 1 saturated heterocycles. The molecule has 0 spiro atoms. The molecule has 1 aromatic heterocycles. The van der Waals surface area contributed by atoms with Gasteiger partial charge in [0.15, 0.2) is 5.82 Å². The fourth-order valence-corrected chi connectivity index (χ4v) is 3.87. The second-order valence-electron chi connectivity index (χ2n) is 6.92. The molecule has 3 rings (SSSR count). The number of hydrogen-bond acceptors (Lipinski definition) is 6. The van der Waals surface area contributed by atoms with Gasteiger partial charge >= 0.3 is 21.7 Å². The van der Waals surface area contributed by atoms with Crippen molar-refractivity contribution in [3.8, 4) is 5.88 Å². The summed E-state index contributed by atoms with van der Waals surface area (Å²) in [4.78, 5) is 18.0. The van der Waals surface area contributed by atoms with E-state index < -0.39 is 33.4 Å². The lowest BCUT2D eigenvalue weighted by Gasteiger charge is -2.44. The number of anilines is 1. The maximum atomic E-state index is 14.6. The largest absolute Gasteiger partial charge is 0.534 e. The Balaban J connectivity index is 1.91. The molecule has 0 bridgehead atoms. The molecule has 13 heteroatoms.